The third-order valence-corrected chi connectivity index (χ3v) is 1.84. The van der Waals surface area contributed by atoms with Crippen LogP contribution < -0.4 is 0 Å². The molecule has 0 nitrogen and oxygen atoms in total. The average molecular weight is 173 g/mol. The van der Waals surface area contributed by atoms with E-state index in [1.807, 2.05) is 0 Å². The SMILES string of the molecule is CC(C)=CCCC=C(C)CCl. The van der Waals surface area contributed by atoms with E-state index in [0.29, 0.717) is 5.88 Å². The van der Waals surface area contributed by atoms with Crippen molar-refractivity contribution in [1.82, 2.24) is 0 Å². The van der Waals surface area contributed by atoms with Crippen LogP contribution in [0.4, 0.5) is 0 Å². The fourth-order valence-corrected chi connectivity index (χ4v) is 0.865. The van der Waals surface area contributed by atoms with Gasteiger partial charge in [0.15, 0.2) is 0 Å². The van der Waals surface area contributed by atoms with Crippen molar-refractivity contribution in [3.63, 3.8) is 0 Å². The van der Waals surface area contributed by atoms with Gasteiger partial charge in [-0.2, -0.15) is 0 Å². The van der Waals surface area contributed by atoms with Gasteiger partial charge in [0, 0.05) is 5.88 Å². The lowest BCUT2D eigenvalue weighted by Gasteiger charge is -1.93. The molecule has 0 saturated heterocycles. The summed E-state index contributed by atoms with van der Waals surface area (Å²) in [5.74, 6) is 0.662. The fraction of sp³-hybridized carbons (Fsp3) is 0.600. The molecule has 0 unspecified atom stereocenters. The average Bonchev–Trinajstić information content (AvgIpc) is 1.97. The zero-order chi connectivity index (χ0) is 8.69. The van der Waals surface area contributed by atoms with Gasteiger partial charge < -0.3 is 0 Å². The molecule has 0 aromatic rings. The fourth-order valence-electron chi connectivity index (χ4n) is 0.756. The van der Waals surface area contributed by atoms with E-state index in [0.717, 1.165) is 12.8 Å². The number of rotatable bonds is 4. The van der Waals surface area contributed by atoms with Gasteiger partial charge in [-0.25, -0.2) is 0 Å². The summed E-state index contributed by atoms with van der Waals surface area (Å²) in [5, 5.41) is 0. The summed E-state index contributed by atoms with van der Waals surface area (Å²) < 4.78 is 0. The van der Waals surface area contributed by atoms with Gasteiger partial charge in [-0.05, 0) is 33.6 Å². The molecule has 0 aliphatic heterocycles. The Bertz CT molecular complexity index is 150. The summed E-state index contributed by atoms with van der Waals surface area (Å²) in [6.45, 7) is 6.31. The van der Waals surface area contributed by atoms with Gasteiger partial charge in [0.1, 0.15) is 0 Å². The number of alkyl halides is 1. The third-order valence-electron chi connectivity index (χ3n) is 1.42. The summed E-state index contributed by atoms with van der Waals surface area (Å²) >= 11 is 5.61. The van der Waals surface area contributed by atoms with E-state index >= 15 is 0 Å². The number of hydrogen-bond acceptors (Lipinski definition) is 0. The number of unbranched alkanes of at least 4 members (excludes halogenated alkanes) is 1. The lowest BCUT2D eigenvalue weighted by Crippen LogP contribution is -1.76. The molecular formula is C10H17Cl. The smallest absolute Gasteiger partial charge is 0.0430 e. The molecule has 11 heavy (non-hydrogen) atoms. The van der Waals surface area contributed by atoms with E-state index in [-0.39, 0.29) is 0 Å². The molecule has 0 atom stereocenters. The van der Waals surface area contributed by atoms with Crippen LogP contribution in [-0.2, 0) is 0 Å². The molecular weight excluding hydrogens is 156 g/mol. The predicted molar refractivity (Wildman–Crippen MR) is 53.1 cm³/mol. The molecule has 64 valence electrons. The maximum atomic E-state index is 5.61. The van der Waals surface area contributed by atoms with Gasteiger partial charge >= 0.3 is 0 Å². The quantitative estimate of drug-likeness (QED) is 0.343. The lowest BCUT2D eigenvalue weighted by atomic mass is 10.2. The molecule has 0 spiro atoms. The van der Waals surface area contributed by atoms with Crippen LogP contribution in [0.1, 0.15) is 33.6 Å². The monoisotopic (exact) mass is 172 g/mol. The summed E-state index contributed by atoms with van der Waals surface area (Å²) in [7, 11) is 0. The zero-order valence-corrected chi connectivity index (χ0v) is 8.41. The maximum absolute atomic E-state index is 5.61. The summed E-state index contributed by atoms with van der Waals surface area (Å²) in [6, 6.07) is 0. The van der Waals surface area contributed by atoms with Gasteiger partial charge in [-0.15, -0.1) is 11.6 Å². The third kappa shape index (κ3) is 7.67. The highest BCUT2D eigenvalue weighted by Crippen LogP contribution is 2.02. The molecule has 0 bridgehead atoms. The molecule has 0 aliphatic carbocycles. The van der Waals surface area contributed by atoms with Crippen molar-refractivity contribution in [2.24, 2.45) is 0 Å². The Morgan fingerprint density at radius 2 is 1.64 bits per heavy atom. The largest absolute Gasteiger partial charge is 0.122 e. The van der Waals surface area contributed by atoms with E-state index in [2.05, 4.69) is 32.9 Å². The minimum absolute atomic E-state index is 0.662. The van der Waals surface area contributed by atoms with Crippen molar-refractivity contribution in [2.45, 2.75) is 33.6 Å². The van der Waals surface area contributed by atoms with E-state index in [4.69, 9.17) is 11.6 Å². The number of halogens is 1. The van der Waals surface area contributed by atoms with Gasteiger partial charge in [-0.1, -0.05) is 23.3 Å². The highest BCUT2D eigenvalue weighted by atomic mass is 35.5. The molecule has 0 N–H and O–H groups in total. The second-order valence-corrected chi connectivity index (χ2v) is 3.31. The minimum Gasteiger partial charge on any atom is -0.122 e. The van der Waals surface area contributed by atoms with Crippen molar-refractivity contribution in [3.8, 4) is 0 Å². The van der Waals surface area contributed by atoms with Crippen LogP contribution in [0.25, 0.3) is 0 Å². The van der Waals surface area contributed by atoms with Crippen LogP contribution in [-0.4, -0.2) is 5.88 Å². The van der Waals surface area contributed by atoms with Crippen LogP contribution in [0.5, 0.6) is 0 Å². The van der Waals surface area contributed by atoms with Crippen molar-refractivity contribution < 1.29 is 0 Å². The number of hydrogen-bond donors (Lipinski definition) is 0. The van der Waals surface area contributed by atoms with Gasteiger partial charge in [0.2, 0.25) is 0 Å². The zero-order valence-electron chi connectivity index (χ0n) is 7.65. The van der Waals surface area contributed by atoms with Crippen LogP contribution >= 0.6 is 11.6 Å². The van der Waals surface area contributed by atoms with E-state index in [9.17, 15) is 0 Å². The van der Waals surface area contributed by atoms with Gasteiger partial charge in [0.25, 0.3) is 0 Å². The second-order valence-electron chi connectivity index (χ2n) is 3.04. The summed E-state index contributed by atoms with van der Waals surface area (Å²) in [5.41, 5.74) is 2.66. The van der Waals surface area contributed by atoms with Gasteiger partial charge in [-0.3, -0.25) is 0 Å². The topological polar surface area (TPSA) is 0 Å². The Hall–Kier alpha value is -0.230. The molecule has 0 fully saturated rings. The van der Waals surface area contributed by atoms with E-state index in [1.165, 1.54) is 11.1 Å². The van der Waals surface area contributed by atoms with Crippen LogP contribution in [0.2, 0.25) is 0 Å². The Kier molecular flexibility index (Phi) is 6.34. The van der Waals surface area contributed by atoms with Crippen molar-refractivity contribution in [3.05, 3.63) is 23.3 Å². The highest BCUT2D eigenvalue weighted by Gasteiger charge is 1.84. The summed E-state index contributed by atoms with van der Waals surface area (Å²) in [6.07, 6.45) is 6.70. The first-order valence-corrected chi connectivity index (χ1v) is 4.55. The van der Waals surface area contributed by atoms with Crippen LogP contribution in [0, 0.1) is 0 Å². The van der Waals surface area contributed by atoms with Crippen molar-refractivity contribution in [1.29, 1.82) is 0 Å². The van der Waals surface area contributed by atoms with Crippen LogP contribution in [0.3, 0.4) is 0 Å². The molecule has 0 radical (unpaired) electrons. The molecule has 1 heteroatoms. The summed E-state index contributed by atoms with van der Waals surface area (Å²) in [4.78, 5) is 0. The van der Waals surface area contributed by atoms with Crippen LogP contribution in [0.15, 0.2) is 23.3 Å². The molecule has 0 aromatic heterocycles. The first kappa shape index (κ1) is 10.8. The minimum atomic E-state index is 0.662. The van der Waals surface area contributed by atoms with E-state index in [1.54, 1.807) is 0 Å². The van der Waals surface area contributed by atoms with Crippen molar-refractivity contribution >= 4 is 11.6 Å². The van der Waals surface area contributed by atoms with E-state index < -0.39 is 0 Å². The van der Waals surface area contributed by atoms with Gasteiger partial charge in [0.05, 0.1) is 0 Å². The first-order valence-electron chi connectivity index (χ1n) is 4.01. The maximum Gasteiger partial charge on any atom is 0.0430 e. The molecule has 0 rings (SSSR count). The second kappa shape index (κ2) is 6.48. The Balaban J connectivity index is 3.49. The highest BCUT2D eigenvalue weighted by molar-refractivity contribution is 6.19. The lowest BCUT2D eigenvalue weighted by molar-refractivity contribution is 1.02. The molecule has 0 aliphatic rings. The predicted octanol–water partition coefficient (Wildman–Crippen LogP) is 3.92. The molecule has 0 saturated carbocycles. The van der Waals surface area contributed by atoms with Crippen molar-refractivity contribution in [2.75, 3.05) is 5.88 Å². The Morgan fingerprint density at radius 3 is 2.09 bits per heavy atom. The first-order chi connectivity index (χ1) is 5.16. The Labute approximate surface area is 74.9 Å². The normalized spacial score (nSPS) is 11.5. The standard InChI is InChI=1S/C10H17Cl/c1-9(2)6-4-5-7-10(3)8-11/h6-7H,4-5,8H2,1-3H3. The molecule has 0 amide bonds. The molecule has 0 heterocycles. The number of allylic oxidation sites excluding steroid dienone is 4. The Morgan fingerprint density at radius 1 is 1.09 bits per heavy atom. The molecule has 0 aromatic carbocycles.